The van der Waals surface area contributed by atoms with E-state index in [0.717, 1.165) is 6.08 Å². The van der Waals surface area contributed by atoms with Gasteiger partial charge in [0, 0.05) is 22.9 Å². The summed E-state index contributed by atoms with van der Waals surface area (Å²) in [6.07, 6.45) is 0.332. The highest BCUT2D eigenvalue weighted by Gasteiger charge is 2.27. The van der Waals surface area contributed by atoms with Gasteiger partial charge in [-0.3, -0.25) is 9.36 Å². The fourth-order valence-electron chi connectivity index (χ4n) is 4.19. The highest BCUT2D eigenvalue weighted by atomic mass is 16.5. The van der Waals surface area contributed by atoms with Gasteiger partial charge in [-0.05, 0) is 56.5 Å². The number of hydrogen-bond donors (Lipinski definition) is 1. The van der Waals surface area contributed by atoms with Gasteiger partial charge in [0.25, 0.3) is 5.78 Å². The average Bonchev–Trinajstić information content (AvgIpc) is 2.93. The van der Waals surface area contributed by atoms with E-state index in [1.54, 1.807) is 76.4 Å². The lowest BCUT2D eigenvalue weighted by Gasteiger charge is -2.21. The minimum atomic E-state index is -1.06. The molecule has 0 unspecified atom stereocenters. The van der Waals surface area contributed by atoms with Crippen LogP contribution in [0.2, 0.25) is 0 Å². The first-order valence-electron chi connectivity index (χ1n) is 13.2. The molecule has 2 aromatic carbocycles. The predicted octanol–water partition coefficient (Wildman–Crippen LogP) is 4.69. The van der Waals surface area contributed by atoms with E-state index < -0.39 is 35.3 Å². The second kappa shape index (κ2) is 13.6. The molecule has 0 aliphatic heterocycles. The Kier molecular flexibility index (Phi) is 10.2. The number of rotatable bonds is 11. The molecule has 0 saturated carbocycles. The van der Waals surface area contributed by atoms with E-state index >= 15 is 0 Å². The minimum Gasteiger partial charge on any atom is -0.507 e. The molecule has 0 atom stereocenters. The van der Waals surface area contributed by atoms with Crippen molar-refractivity contribution in [2.24, 2.45) is 0 Å². The van der Waals surface area contributed by atoms with Crippen molar-refractivity contribution in [3.8, 4) is 17.0 Å². The van der Waals surface area contributed by atoms with Crippen LogP contribution in [-0.4, -0.2) is 52.2 Å². The molecular weight excluding hydrogens is 528 g/mol. The number of aromatic nitrogens is 2. The van der Waals surface area contributed by atoms with Gasteiger partial charge < -0.3 is 19.3 Å². The summed E-state index contributed by atoms with van der Waals surface area (Å²) in [5, 5.41) is 10.3. The lowest BCUT2D eigenvalue weighted by molar-refractivity contribution is -0.154. The van der Waals surface area contributed by atoms with Crippen molar-refractivity contribution in [1.82, 2.24) is 9.55 Å². The number of methoxy groups -OCH3 is 1. The number of carbonyl (C=O) groups is 3. The molecule has 0 fully saturated rings. The molecule has 0 bridgehead atoms. The first-order valence-corrected chi connectivity index (χ1v) is 13.2. The van der Waals surface area contributed by atoms with Gasteiger partial charge in [-0.15, -0.1) is 0 Å². The van der Waals surface area contributed by atoms with Crippen LogP contribution in [0.5, 0.6) is 5.75 Å². The quantitative estimate of drug-likeness (QED) is 0.153. The third-order valence-corrected chi connectivity index (χ3v) is 6.01. The molecule has 3 aromatic rings. The Morgan fingerprint density at radius 2 is 1.63 bits per heavy atom. The van der Waals surface area contributed by atoms with Gasteiger partial charge in [0.2, 0.25) is 0 Å². The smallest absolute Gasteiger partial charge is 0.379 e. The summed E-state index contributed by atoms with van der Waals surface area (Å²) >= 11 is 0. The van der Waals surface area contributed by atoms with Crippen LogP contribution in [-0.2, 0) is 25.6 Å². The zero-order valence-electron chi connectivity index (χ0n) is 24.0. The van der Waals surface area contributed by atoms with Crippen LogP contribution in [0.25, 0.3) is 17.0 Å². The third kappa shape index (κ3) is 7.47. The fourth-order valence-corrected chi connectivity index (χ4v) is 4.19. The number of ketones is 1. The summed E-state index contributed by atoms with van der Waals surface area (Å²) in [4.78, 5) is 54.6. The Morgan fingerprint density at radius 1 is 1.00 bits per heavy atom. The van der Waals surface area contributed by atoms with Crippen LogP contribution in [0, 0.1) is 0 Å². The van der Waals surface area contributed by atoms with Crippen LogP contribution in [0.1, 0.15) is 67.7 Å². The highest BCUT2D eigenvalue weighted by molar-refractivity contribution is 6.39. The monoisotopic (exact) mass is 562 g/mol. The molecule has 0 spiro atoms. The third-order valence-electron chi connectivity index (χ3n) is 6.01. The van der Waals surface area contributed by atoms with Crippen LogP contribution >= 0.6 is 0 Å². The standard InChI is InChI=1S/C31H34N2O8/c1-7-40-30(37)26-27(22-12-14-23(39-6)15-13-22)32-31(38)33(28(26)18(2)3)17-20-8-10-21(11-9-20)24(34)16-25(35)29(36)41-19(4)5/h8-16,18-19,34H,7,17H2,1-6H3. The van der Waals surface area contributed by atoms with Crippen molar-refractivity contribution in [2.75, 3.05) is 13.7 Å². The zero-order valence-corrected chi connectivity index (χ0v) is 24.0. The molecule has 1 aromatic heterocycles. The largest absolute Gasteiger partial charge is 0.507 e. The summed E-state index contributed by atoms with van der Waals surface area (Å²) in [6.45, 7) is 8.91. The number of esters is 2. The molecule has 1 N–H and O–H groups in total. The van der Waals surface area contributed by atoms with Crippen LogP contribution in [0.3, 0.4) is 0 Å². The molecule has 216 valence electrons. The molecule has 0 saturated heterocycles. The van der Waals surface area contributed by atoms with Gasteiger partial charge in [-0.2, -0.15) is 4.98 Å². The maximum atomic E-state index is 13.4. The van der Waals surface area contributed by atoms with E-state index in [1.165, 1.54) is 4.57 Å². The summed E-state index contributed by atoms with van der Waals surface area (Å²) in [5.74, 6) is -2.67. The highest BCUT2D eigenvalue weighted by Crippen LogP contribution is 2.30. The van der Waals surface area contributed by atoms with Crippen molar-refractivity contribution >= 4 is 23.5 Å². The predicted molar refractivity (Wildman–Crippen MR) is 153 cm³/mol. The zero-order chi connectivity index (χ0) is 30.3. The van der Waals surface area contributed by atoms with Gasteiger partial charge in [0.05, 0.1) is 32.1 Å². The average molecular weight is 563 g/mol. The fraction of sp³-hybridized carbons (Fsp3) is 0.323. The normalized spacial score (nSPS) is 11.5. The first kappa shape index (κ1) is 30.8. The van der Waals surface area contributed by atoms with E-state index in [-0.39, 0.29) is 35.9 Å². The van der Waals surface area contributed by atoms with Crippen LogP contribution in [0.4, 0.5) is 0 Å². The Balaban J connectivity index is 2.03. The van der Waals surface area contributed by atoms with E-state index in [2.05, 4.69) is 4.98 Å². The molecule has 0 radical (unpaired) electrons. The number of benzene rings is 2. The molecule has 10 heteroatoms. The molecule has 0 amide bonds. The van der Waals surface area contributed by atoms with Crippen LogP contribution < -0.4 is 10.4 Å². The number of aliphatic hydroxyl groups excluding tert-OH is 1. The van der Waals surface area contributed by atoms with Crippen molar-refractivity contribution in [3.63, 3.8) is 0 Å². The number of nitrogens with zero attached hydrogens (tertiary/aromatic N) is 2. The SMILES string of the molecule is CCOC(=O)c1c(-c2ccc(OC)cc2)nc(=O)n(Cc2ccc(C(O)=CC(=O)C(=O)OC(C)C)cc2)c1C(C)C. The minimum absolute atomic E-state index is 0.0824. The molecule has 1 heterocycles. The lowest BCUT2D eigenvalue weighted by atomic mass is 9.97. The first-order chi connectivity index (χ1) is 19.5. The number of aliphatic hydroxyl groups is 1. The van der Waals surface area contributed by atoms with Gasteiger partial charge in [-0.25, -0.2) is 14.4 Å². The number of ether oxygens (including phenoxy) is 3. The Bertz CT molecular complexity index is 1500. The van der Waals surface area contributed by atoms with E-state index in [4.69, 9.17) is 14.2 Å². The molecule has 41 heavy (non-hydrogen) atoms. The Morgan fingerprint density at radius 3 is 2.17 bits per heavy atom. The summed E-state index contributed by atoms with van der Waals surface area (Å²) in [6, 6.07) is 13.3. The lowest BCUT2D eigenvalue weighted by Crippen LogP contribution is -2.31. The van der Waals surface area contributed by atoms with Crippen molar-refractivity contribution in [2.45, 2.75) is 53.2 Å². The van der Waals surface area contributed by atoms with Gasteiger partial charge in [0.15, 0.2) is 0 Å². The Labute approximate surface area is 238 Å². The Hall–Kier alpha value is -4.73. The summed E-state index contributed by atoms with van der Waals surface area (Å²) in [7, 11) is 1.54. The second-order valence-electron chi connectivity index (χ2n) is 9.74. The molecule has 0 aliphatic rings. The number of carbonyl (C=O) groups excluding carboxylic acids is 3. The molecule has 3 rings (SSSR count). The van der Waals surface area contributed by atoms with Crippen LogP contribution in [0.15, 0.2) is 59.4 Å². The second-order valence-corrected chi connectivity index (χ2v) is 9.74. The van der Waals surface area contributed by atoms with E-state index in [0.29, 0.717) is 22.6 Å². The van der Waals surface area contributed by atoms with Gasteiger partial charge >= 0.3 is 17.6 Å². The topological polar surface area (TPSA) is 134 Å². The maximum Gasteiger partial charge on any atom is 0.379 e. The van der Waals surface area contributed by atoms with Crippen molar-refractivity contribution < 1.29 is 33.7 Å². The summed E-state index contributed by atoms with van der Waals surface area (Å²) < 4.78 is 16.9. The summed E-state index contributed by atoms with van der Waals surface area (Å²) in [5.41, 5.74) is 1.88. The molecular formula is C31H34N2O8. The van der Waals surface area contributed by atoms with Gasteiger partial charge in [-0.1, -0.05) is 38.1 Å². The number of hydrogen-bond acceptors (Lipinski definition) is 9. The van der Waals surface area contributed by atoms with E-state index in [9.17, 15) is 24.3 Å². The molecule has 10 nitrogen and oxygen atoms in total. The van der Waals surface area contributed by atoms with Crippen molar-refractivity contribution in [1.29, 1.82) is 0 Å². The maximum absolute atomic E-state index is 13.4. The van der Waals surface area contributed by atoms with E-state index in [1.807, 2.05) is 13.8 Å². The van der Waals surface area contributed by atoms with Gasteiger partial charge in [0.1, 0.15) is 17.1 Å². The molecule has 0 aliphatic carbocycles. The van der Waals surface area contributed by atoms with Crippen molar-refractivity contribution in [3.05, 3.63) is 87.5 Å².